The molecule has 2 unspecified atom stereocenters. The second-order valence-corrected chi connectivity index (χ2v) is 6.49. The van der Waals surface area contributed by atoms with Crippen molar-refractivity contribution in [1.29, 1.82) is 0 Å². The SMILES string of the molecule is CCNC1C(OCCOc2ccccc2)CCCC1(C)C. The summed E-state index contributed by atoms with van der Waals surface area (Å²) in [5, 5.41) is 3.62. The van der Waals surface area contributed by atoms with Gasteiger partial charge < -0.3 is 14.8 Å². The van der Waals surface area contributed by atoms with Gasteiger partial charge in [0.25, 0.3) is 0 Å². The van der Waals surface area contributed by atoms with E-state index < -0.39 is 0 Å². The molecule has 0 amide bonds. The molecule has 0 saturated heterocycles. The van der Waals surface area contributed by atoms with Gasteiger partial charge in [0.2, 0.25) is 0 Å². The summed E-state index contributed by atoms with van der Waals surface area (Å²) < 4.78 is 11.8. The van der Waals surface area contributed by atoms with Crippen LogP contribution in [0.4, 0.5) is 0 Å². The number of benzene rings is 1. The molecule has 0 aliphatic heterocycles. The summed E-state index contributed by atoms with van der Waals surface area (Å²) in [5.41, 5.74) is 0.305. The number of hydrogen-bond acceptors (Lipinski definition) is 3. The maximum absolute atomic E-state index is 6.12. The topological polar surface area (TPSA) is 30.5 Å². The van der Waals surface area contributed by atoms with Crippen LogP contribution in [0.2, 0.25) is 0 Å². The summed E-state index contributed by atoms with van der Waals surface area (Å²) >= 11 is 0. The molecule has 21 heavy (non-hydrogen) atoms. The van der Waals surface area contributed by atoms with Crippen LogP contribution in [0.1, 0.15) is 40.0 Å². The minimum atomic E-state index is 0.299. The highest BCUT2D eigenvalue weighted by Crippen LogP contribution is 2.36. The van der Waals surface area contributed by atoms with Crippen molar-refractivity contribution in [3.05, 3.63) is 30.3 Å². The van der Waals surface area contributed by atoms with Gasteiger partial charge in [0, 0.05) is 6.04 Å². The summed E-state index contributed by atoms with van der Waals surface area (Å²) in [6.45, 7) is 9.11. The quantitative estimate of drug-likeness (QED) is 0.778. The smallest absolute Gasteiger partial charge is 0.119 e. The first kappa shape index (κ1) is 16.3. The van der Waals surface area contributed by atoms with Crippen molar-refractivity contribution >= 4 is 0 Å². The molecule has 1 fully saturated rings. The zero-order valence-corrected chi connectivity index (χ0v) is 13.6. The van der Waals surface area contributed by atoms with Crippen molar-refractivity contribution in [2.75, 3.05) is 19.8 Å². The normalized spacial score (nSPS) is 24.7. The molecule has 1 aliphatic rings. The van der Waals surface area contributed by atoms with Crippen LogP contribution < -0.4 is 10.1 Å². The van der Waals surface area contributed by atoms with Crippen LogP contribution in [0.15, 0.2) is 30.3 Å². The maximum Gasteiger partial charge on any atom is 0.119 e. The molecule has 0 spiro atoms. The zero-order valence-electron chi connectivity index (χ0n) is 13.6. The predicted molar refractivity (Wildman–Crippen MR) is 86.8 cm³/mol. The summed E-state index contributed by atoms with van der Waals surface area (Å²) in [6.07, 6.45) is 3.96. The number of likely N-dealkylation sites (N-methyl/N-ethyl adjacent to an activating group) is 1. The summed E-state index contributed by atoms with van der Waals surface area (Å²) in [6, 6.07) is 10.4. The first-order chi connectivity index (χ1) is 10.1. The van der Waals surface area contributed by atoms with Gasteiger partial charge in [-0.05, 0) is 36.9 Å². The van der Waals surface area contributed by atoms with Crippen molar-refractivity contribution in [3.8, 4) is 5.75 Å². The van der Waals surface area contributed by atoms with Gasteiger partial charge in [0.1, 0.15) is 12.4 Å². The first-order valence-corrected chi connectivity index (χ1v) is 8.16. The third kappa shape index (κ3) is 4.72. The van der Waals surface area contributed by atoms with Crippen molar-refractivity contribution in [2.24, 2.45) is 5.41 Å². The van der Waals surface area contributed by atoms with Gasteiger partial charge in [-0.25, -0.2) is 0 Å². The van der Waals surface area contributed by atoms with Crippen LogP contribution in [-0.4, -0.2) is 31.9 Å². The summed E-state index contributed by atoms with van der Waals surface area (Å²) in [4.78, 5) is 0. The summed E-state index contributed by atoms with van der Waals surface area (Å²) in [7, 11) is 0. The molecule has 0 radical (unpaired) electrons. The Labute approximate surface area is 129 Å². The molecule has 0 heterocycles. The monoisotopic (exact) mass is 291 g/mol. The molecular formula is C18H29NO2. The van der Waals surface area contributed by atoms with Crippen molar-refractivity contribution < 1.29 is 9.47 Å². The number of ether oxygens (including phenoxy) is 2. The van der Waals surface area contributed by atoms with Gasteiger partial charge in [-0.1, -0.05) is 45.4 Å². The Bertz CT molecular complexity index is 405. The molecular weight excluding hydrogens is 262 g/mol. The molecule has 3 heteroatoms. The van der Waals surface area contributed by atoms with E-state index in [-0.39, 0.29) is 0 Å². The second-order valence-electron chi connectivity index (χ2n) is 6.49. The van der Waals surface area contributed by atoms with E-state index in [1.807, 2.05) is 30.3 Å². The average molecular weight is 291 g/mol. The fourth-order valence-corrected chi connectivity index (χ4v) is 3.27. The molecule has 1 aromatic carbocycles. The van der Waals surface area contributed by atoms with E-state index in [0.717, 1.165) is 18.7 Å². The highest BCUT2D eigenvalue weighted by Gasteiger charge is 2.38. The standard InChI is InChI=1S/C18H29NO2/c1-4-19-17-16(11-8-12-18(17,2)3)21-14-13-20-15-9-6-5-7-10-15/h5-7,9-10,16-17,19H,4,8,11-14H2,1-3H3. The Morgan fingerprint density at radius 1 is 1.19 bits per heavy atom. The fourth-order valence-electron chi connectivity index (χ4n) is 3.27. The van der Waals surface area contributed by atoms with E-state index >= 15 is 0 Å². The Hall–Kier alpha value is -1.06. The van der Waals surface area contributed by atoms with Crippen LogP contribution >= 0.6 is 0 Å². The average Bonchev–Trinajstić information content (AvgIpc) is 2.47. The molecule has 2 rings (SSSR count). The van der Waals surface area contributed by atoms with Crippen molar-refractivity contribution in [1.82, 2.24) is 5.32 Å². The van der Waals surface area contributed by atoms with Crippen molar-refractivity contribution in [3.63, 3.8) is 0 Å². The van der Waals surface area contributed by atoms with E-state index in [1.165, 1.54) is 12.8 Å². The van der Waals surface area contributed by atoms with Gasteiger partial charge in [-0.3, -0.25) is 0 Å². The largest absolute Gasteiger partial charge is 0.491 e. The number of para-hydroxylation sites is 1. The lowest BCUT2D eigenvalue weighted by molar-refractivity contribution is -0.0445. The molecule has 118 valence electrons. The van der Waals surface area contributed by atoms with E-state index in [0.29, 0.717) is 30.8 Å². The lowest BCUT2D eigenvalue weighted by Gasteiger charge is -2.44. The minimum absolute atomic E-state index is 0.299. The van der Waals surface area contributed by atoms with Crippen molar-refractivity contribution in [2.45, 2.75) is 52.2 Å². The molecule has 1 aromatic rings. The van der Waals surface area contributed by atoms with Crippen LogP contribution in [0.25, 0.3) is 0 Å². The molecule has 1 N–H and O–H groups in total. The second kappa shape index (κ2) is 7.81. The van der Waals surface area contributed by atoms with Gasteiger partial charge in [0.05, 0.1) is 12.7 Å². The molecule has 2 atom stereocenters. The fraction of sp³-hybridized carbons (Fsp3) is 0.667. The van der Waals surface area contributed by atoms with Crippen LogP contribution in [-0.2, 0) is 4.74 Å². The molecule has 0 aromatic heterocycles. The molecule has 0 bridgehead atoms. The van der Waals surface area contributed by atoms with E-state index in [1.54, 1.807) is 0 Å². The Kier molecular flexibility index (Phi) is 6.07. The highest BCUT2D eigenvalue weighted by molar-refractivity contribution is 5.20. The molecule has 1 aliphatic carbocycles. The minimum Gasteiger partial charge on any atom is -0.491 e. The van der Waals surface area contributed by atoms with E-state index in [9.17, 15) is 0 Å². The number of hydrogen-bond donors (Lipinski definition) is 1. The lowest BCUT2D eigenvalue weighted by Crippen LogP contribution is -2.53. The Balaban J connectivity index is 1.78. The van der Waals surface area contributed by atoms with Gasteiger partial charge >= 0.3 is 0 Å². The highest BCUT2D eigenvalue weighted by atomic mass is 16.5. The Morgan fingerprint density at radius 3 is 2.67 bits per heavy atom. The van der Waals surface area contributed by atoms with E-state index in [4.69, 9.17) is 9.47 Å². The maximum atomic E-state index is 6.12. The van der Waals surface area contributed by atoms with Crippen LogP contribution in [0, 0.1) is 5.41 Å². The zero-order chi connectivity index (χ0) is 15.1. The first-order valence-electron chi connectivity index (χ1n) is 8.16. The molecule has 1 saturated carbocycles. The van der Waals surface area contributed by atoms with Gasteiger partial charge in [-0.2, -0.15) is 0 Å². The lowest BCUT2D eigenvalue weighted by atomic mass is 9.71. The molecule has 3 nitrogen and oxygen atoms in total. The van der Waals surface area contributed by atoms with Gasteiger partial charge in [0.15, 0.2) is 0 Å². The van der Waals surface area contributed by atoms with Gasteiger partial charge in [-0.15, -0.1) is 0 Å². The third-order valence-electron chi connectivity index (χ3n) is 4.37. The number of rotatable bonds is 7. The third-order valence-corrected chi connectivity index (χ3v) is 4.37. The van der Waals surface area contributed by atoms with Crippen LogP contribution in [0.5, 0.6) is 5.75 Å². The Morgan fingerprint density at radius 2 is 1.95 bits per heavy atom. The predicted octanol–water partition coefficient (Wildman–Crippen LogP) is 3.64. The van der Waals surface area contributed by atoms with E-state index in [2.05, 4.69) is 26.1 Å². The summed E-state index contributed by atoms with van der Waals surface area (Å²) in [5.74, 6) is 0.910. The van der Waals surface area contributed by atoms with Crippen LogP contribution in [0.3, 0.4) is 0 Å². The number of nitrogens with one attached hydrogen (secondary N) is 1.